The smallest absolute Gasteiger partial charge is 0.254 e. The minimum atomic E-state index is -0.216. The van der Waals surface area contributed by atoms with E-state index < -0.39 is 0 Å². The Bertz CT molecular complexity index is 726. The van der Waals surface area contributed by atoms with Crippen molar-refractivity contribution in [3.63, 3.8) is 0 Å². The zero-order valence-corrected chi connectivity index (χ0v) is 15.0. The summed E-state index contributed by atoms with van der Waals surface area (Å²) in [5.41, 5.74) is 3.47. The molecule has 0 aliphatic rings. The van der Waals surface area contributed by atoms with Gasteiger partial charge in [0, 0.05) is 22.8 Å². The van der Waals surface area contributed by atoms with E-state index in [2.05, 4.69) is 21.2 Å². The second-order valence-corrected chi connectivity index (χ2v) is 6.38. The third kappa shape index (κ3) is 4.42. The number of nitrogens with one attached hydrogen (secondary N) is 1. The van der Waals surface area contributed by atoms with Crippen molar-refractivity contribution in [3.05, 3.63) is 63.6 Å². The molecule has 0 aliphatic carbocycles. The Balaban J connectivity index is 2.00. The predicted octanol–water partition coefficient (Wildman–Crippen LogP) is 3.78. The van der Waals surface area contributed by atoms with E-state index in [1.165, 1.54) is 4.90 Å². The van der Waals surface area contributed by atoms with Gasteiger partial charge >= 0.3 is 0 Å². The van der Waals surface area contributed by atoms with Crippen LogP contribution in [0.1, 0.15) is 21.5 Å². The fraction of sp³-hybridized carbons (Fsp3) is 0.222. The van der Waals surface area contributed by atoms with E-state index >= 15 is 0 Å². The molecule has 0 aliphatic heterocycles. The van der Waals surface area contributed by atoms with Gasteiger partial charge in [0.2, 0.25) is 5.91 Å². The van der Waals surface area contributed by atoms with E-state index in [0.717, 1.165) is 21.3 Å². The number of amides is 2. The molecular formula is C18H19BrN2O2. The number of rotatable bonds is 4. The lowest BCUT2D eigenvalue weighted by molar-refractivity contribution is -0.116. The lowest BCUT2D eigenvalue weighted by Gasteiger charge is -2.18. The number of carbonyl (C=O) groups is 2. The largest absolute Gasteiger partial charge is 0.332 e. The number of halogens is 1. The summed E-state index contributed by atoms with van der Waals surface area (Å²) in [6.45, 7) is 3.96. The van der Waals surface area contributed by atoms with E-state index in [-0.39, 0.29) is 18.4 Å². The summed E-state index contributed by atoms with van der Waals surface area (Å²) < 4.78 is 0.907. The molecule has 2 aromatic rings. The number of likely N-dealkylation sites (N-methyl/N-ethyl adjacent to an activating group) is 1. The quantitative estimate of drug-likeness (QED) is 0.884. The molecule has 5 heteroatoms. The third-order valence-electron chi connectivity index (χ3n) is 3.70. The molecule has 0 heterocycles. The van der Waals surface area contributed by atoms with Gasteiger partial charge in [-0.1, -0.05) is 28.1 Å². The minimum Gasteiger partial charge on any atom is -0.332 e. The highest BCUT2D eigenvalue weighted by Crippen LogP contribution is 2.18. The highest BCUT2D eigenvalue weighted by molar-refractivity contribution is 9.10. The maximum absolute atomic E-state index is 12.3. The van der Waals surface area contributed by atoms with Crippen molar-refractivity contribution < 1.29 is 9.59 Å². The van der Waals surface area contributed by atoms with E-state index in [1.54, 1.807) is 31.3 Å². The molecule has 0 atom stereocenters. The lowest BCUT2D eigenvalue weighted by Crippen LogP contribution is -2.35. The molecule has 0 saturated carbocycles. The van der Waals surface area contributed by atoms with Crippen molar-refractivity contribution in [2.24, 2.45) is 0 Å². The highest BCUT2D eigenvalue weighted by atomic mass is 79.9. The van der Waals surface area contributed by atoms with Gasteiger partial charge in [-0.25, -0.2) is 0 Å². The van der Waals surface area contributed by atoms with Crippen LogP contribution in [0.15, 0.2) is 46.9 Å². The Morgan fingerprint density at radius 1 is 1.09 bits per heavy atom. The number of aryl methyl sites for hydroxylation is 1. The topological polar surface area (TPSA) is 49.4 Å². The zero-order chi connectivity index (χ0) is 17.0. The van der Waals surface area contributed by atoms with Gasteiger partial charge in [-0.15, -0.1) is 0 Å². The minimum absolute atomic E-state index is 0.00226. The van der Waals surface area contributed by atoms with Crippen molar-refractivity contribution in [2.75, 3.05) is 18.9 Å². The van der Waals surface area contributed by atoms with Crippen molar-refractivity contribution in [2.45, 2.75) is 13.8 Å². The van der Waals surface area contributed by atoms with Crippen LogP contribution in [0.5, 0.6) is 0 Å². The number of benzene rings is 2. The van der Waals surface area contributed by atoms with Crippen molar-refractivity contribution in [1.29, 1.82) is 0 Å². The predicted molar refractivity (Wildman–Crippen MR) is 95.6 cm³/mol. The van der Waals surface area contributed by atoms with Crippen LogP contribution in [0, 0.1) is 13.8 Å². The Kier molecular flexibility index (Phi) is 5.55. The zero-order valence-electron chi connectivity index (χ0n) is 13.4. The average Bonchev–Trinajstić information content (AvgIpc) is 2.52. The van der Waals surface area contributed by atoms with Gasteiger partial charge < -0.3 is 10.2 Å². The molecule has 2 amide bonds. The van der Waals surface area contributed by atoms with Gasteiger partial charge in [-0.3, -0.25) is 9.59 Å². The first-order valence-electron chi connectivity index (χ1n) is 7.25. The number of hydrogen-bond donors (Lipinski definition) is 1. The molecule has 0 bridgehead atoms. The number of carbonyl (C=O) groups excluding carboxylic acids is 2. The first-order chi connectivity index (χ1) is 10.9. The first-order valence-corrected chi connectivity index (χ1v) is 8.05. The second kappa shape index (κ2) is 7.42. The monoisotopic (exact) mass is 374 g/mol. The van der Waals surface area contributed by atoms with E-state index in [9.17, 15) is 9.59 Å². The normalized spacial score (nSPS) is 10.3. The van der Waals surface area contributed by atoms with Gasteiger partial charge in [0.05, 0.1) is 6.54 Å². The van der Waals surface area contributed by atoms with Crippen LogP contribution in [-0.2, 0) is 4.79 Å². The summed E-state index contributed by atoms with van der Waals surface area (Å²) in [7, 11) is 1.62. The highest BCUT2D eigenvalue weighted by Gasteiger charge is 2.15. The lowest BCUT2D eigenvalue weighted by atomic mass is 10.1. The molecule has 23 heavy (non-hydrogen) atoms. The van der Waals surface area contributed by atoms with E-state index in [4.69, 9.17) is 0 Å². The number of nitrogens with zero attached hydrogens (tertiary/aromatic N) is 1. The fourth-order valence-electron chi connectivity index (χ4n) is 2.18. The second-order valence-electron chi connectivity index (χ2n) is 5.46. The molecule has 0 radical (unpaired) electrons. The first kappa shape index (κ1) is 17.2. The molecular weight excluding hydrogens is 356 g/mol. The van der Waals surface area contributed by atoms with Gasteiger partial charge in [-0.2, -0.15) is 0 Å². The molecule has 4 nitrogen and oxygen atoms in total. The molecule has 0 saturated heterocycles. The Morgan fingerprint density at radius 3 is 2.39 bits per heavy atom. The molecule has 1 N–H and O–H groups in total. The summed E-state index contributed by atoms with van der Waals surface area (Å²) in [6.07, 6.45) is 0. The molecule has 2 rings (SSSR count). The molecule has 120 valence electrons. The van der Waals surface area contributed by atoms with Crippen LogP contribution in [-0.4, -0.2) is 30.3 Å². The van der Waals surface area contributed by atoms with E-state index in [1.807, 2.05) is 32.0 Å². The maximum Gasteiger partial charge on any atom is 0.254 e. The van der Waals surface area contributed by atoms with Crippen LogP contribution in [0.3, 0.4) is 0 Å². The molecule has 0 fully saturated rings. The van der Waals surface area contributed by atoms with Crippen molar-refractivity contribution >= 4 is 33.4 Å². The van der Waals surface area contributed by atoms with Gasteiger partial charge in [-0.05, 0) is 55.3 Å². The van der Waals surface area contributed by atoms with Crippen LogP contribution < -0.4 is 5.32 Å². The van der Waals surface area contributed by atoms with Crippen LogP contribution in [0.2, 0.25) is 0 Å². The molecule has 0 spiro atoms. The number of hydrogen-bond acceptors (Lipinski definition) is 2. The summed E-state index contributed by atoms with van der Waals surface area (Å²) in [6, 6.07) is 12.8. The maximum atomic E-state index is 12.3. The number of anilines is 1. The van der Waals surface area contributed by atoms with Crippen LogP contribution in [0.25, 0.3) is 0 Å². The molecule has 0 unspecified atom stereocenters. The molecule has 2 aromatic carbocycles. The Hall–Kier alpha value is -2.14. The molecule has 0 aromatic heterocycles. The Labute approximate surface area is 144 Å². The summed E-state index contributed by atoms with van der Waals surface area (Å²) >= 11 is 3.33. The van der Waals surface area contributed by atoms with Gasteiger partial charge in [0.1, 0.15) is 0 Å². The standard InChI is InChI=1S/C18H19BrN2O2/c1-12-5-4-6-16(13(12)2)20-17(22)11-21(3)18(23)14-7-9-15(19)10-8-14/h4-10H,11H2,1-3H3,(H,20,22). The fourth-order valence-corrected chi connectivity index (χ4v) is 2.44. The van der Waals surface area contributed by atoms with E-state index in [0.29, 0.717) is 5.56 Å². The summed E-state index contributed by atoms with van der Waals surface area (Å²) in [5, 5.41) is 2.86. The van der Waals surface area contributed by atoms with Crippen molar-refractivity contribution in [3.8, 4) is 0 Å². The third-order valence-corrected chi connectivity index (χ3v) is 4.23. The average molecular weight is 375 g/mol. The SMILES string of the molecule is Cc1cccc(NC(=O)CN(C)C(=O)c2ccc(Br)cc2)c1C. The van der Waals surface area contributed by atoms with Gasteiger partial charge in [0.25, 0.3) is 5.91 Å². The summed E-state index contributed by atoms with van der Waals surface area (Å²) in [4.78, 5) is 25.9. The van der Waals surface area contributed by atoms with Crippen LogP contribution in [0.4, 0.5) is 5.69 Å². The van der Waals surface area contributed by atoms with Crippen molar-refractivity contribution in [1.82, 2.24) is 4.90 Å². The Morgan fingerprint density at radius 2 is 1.74 bits per heavy atom. The van der Waals surface area contributed by atoms with Crippen LogP contribution >= 0.6 is 15.9 Å². The summed E-state index contributed by atoms with van der Waals surface area (Å²) in [5.74, 6) is -0.403. The van der Waals surface area contributed by atoms with Gasteiger partial charge in [0.15, 0.2) is 0 Å².